The number of carboxylic acid groups (broad SMARTS) is 1. The number of nitrogens with zero attached hydrogens (tertiary/aromatic N) is 3. The van der Waals surface area contributed by atoms with Gasteiger partial charge in [0.15, 0.2) is 5.82 Å². The zero-order valence-corrected chi connectivity index (χ0v) is 11.6. The summed E-state index contributed by atoms with van der Waals surface area (Å²) < 4.78 is 2.48. The van der Waals surface area contributed by atoms with Crippen LogP contribution < -0.4 is 0 Å². The summed E-state index contributed by atoms with van der Waals surface area (Å²) in [5, 5.41) is 13.4. The van der Waals surface area contributed by atoms with E-state index >= 15 is 0 Å². The van der Waals surface area contributed by atoms with E-state index in [4.69, 9.17) is 0 Å². The van der Waals surface area contributed by atoms with E-state index in [1.54, 1.807) is 18.5 Å². The summed E-state index contributed by atoms with van der Waals surface area (Å²) in [6.07, 6.45) is 6.33. The lowest BCUT2D eigenvalue weighted by molar-refractivity contribution is 0.0696. The van der Waals surface area contributed by atoms with Crippen molar-refractivity contribution in [2.75, 3.05) is 0 Å². The second-order valence-electron chi connectivity index (χ2n) is 4.23. The third-order valence-corrected chi connectivity index (χ3v) is 3.59. The van der Waals surface area contributed by atoms with Crippen LogP contribution in [-0.4, -0.2) is 25.8 Å². The molecule has 18 heavy (non-hydrogen) atoms. The molecule has 1 N–H and O–H groups in total. The lowest BCUT2D eigenvalue weighted by Crippen LogP contribution is -2.10. The lowest BCUT2D eigenvalue weighted by atomic mass is 10.1. The van der Waals surface area contributed by atoms with Gasteiger partial charge >= 0.3 is 5.97 Å². The van der Waals surface area contributed by atoms with Crippen molar-refractivity contribution in [2.45, 2.75) is 19.3 Å². The van der Waals surface area contributed by atoms with Gasteiger partial charge in [0, 0.05) is 11.9 Å². The maximum absolute atomic E-state index is 11.3. The standard InChI is InChI=1S/C12H10IN3O2/c13-8-5-14-16(6-8)11-9(12(17)18)4-7-2-1-3-10(7)15-11/h4-6H,1-3H2,(H,17,18). The number of pyridine rings is 1. The lowest BCUT2D eigenvalue weighted by Gasteiger charge is -2.08. The Balaban J connectivity index is 2.21. The van der Waals surface area contributed by atoms with Crippen molar-refractivity contribution in [3.05, 3.63) is 38.9 Å². The van der Waals surface area contributed by atoms with E-state index in [2.05, 4.69) is 32.7 Å². The van der Waals surface area contributed by atoms with E-state index in [0.29, 0.717) is 5.82 Å². The fraction of sp³-hybridized carbons (Fsp3) is 0.250. The van der Waals surface area contributed by atoms with Gasteiger partial charge in [-0.2, -0.15) is 5.10 Å². The van der Waals surface area contributed by atoms with Crippen molar-refractivity contribution in [1.29, 1.82) is 0 Å². The average molecular weight is 355 g/mol. The molecule has 0 fully saturated rings. The van der Waals surface area contributed by atoms with E-state index in [9.17, 15) is 9.90 Å². The van der Waals surface area contributed by atoms with Gasteiger partial charge in [0.05, 0.1) is 9.77 Å². The van der Waals surface area contributed by atoms with Crippen molar-refractivity contribution < 1.29 is 9.90 Å². The highest BCUT2D eigenvalue weighted by Crippen LogP contribution is 2.24. The van der Waals surface area contributed by atoms with E-state index < -0.39 is 5.97 Å². The van der Waals surface area contributed by atoms with Crippen LogP contribution in [0.25, 0.3) is 5.82 Å². The minimum absolute atomic E-state index is 0.218. The number of carbonyl (C=O) groups is 1. The van der Waals surface area contributed by atoms with E-state index in [1.807, 2.05) is 0 Å². The smallest absolute Gasteiger partial charge is 0.339 e. The molecule has 0 aromatic carbocycles. The largest absolute Gasteiger partial charge is 0.478 e. The molecular formula is C12H10IN3O2. The first-order valence-corrected chi connectivity index (χ1v) is 6.69. The molecule has 0 aliphatic heterocycles. The molecule has 0 radical (unpaired) electrons. The summed E-state index contributed by atoms with van der Waals surface area (Å²) in [5.41, 5.74) is 2.27. The second kappa shape index (κ2) is 4.34. The van der Waals surface area contributed by atoms with Crippen molar-refractivity contribution in [3.8, 4) is 5.82 Å². The minimum atomic E-state index is -0.960. The van der Waals surface area contributed by atoms with E-state index in [1.165, 1.54) is 4.68 Å². The van der Waals surface area contributed by atoms with Crippen LogP contribution in [-0.2, 0) is 12.8 Å². The highest BCUT2D eigenvalue weighted by Gasteiger charge is 2.21. The summed E-state index contributed by atoms with van der Waals surface area (Å²) in [6.45, 7) is 0. The number of halogens is 1. The molecule has 2 aromatic heterocycles. The number of fused-ring (bicyclic) bond motifs is 1. The Morgan fingerprint density at radius 2 is 2.28 bits per heavy atom. The van der Waals surface area contributed by atoms with Crippen LogP contribution in [0.15, 0.2) is 18.5 Å². The SMILES string of the molecule is O=C(O)c1cc2c(nc1-n1cc(I)cn1)CCC2. The van der Waals surface area contributed by atoms with Gasteiger partial charge in [-0.25, -0.2) is 14.5 Å². The molecule has 0 amide bonds. The minimum Gasteiger partial charge on any atom is -0.478 e. The summed E-state index contributed by atoms with van der Waals surface area (Å²) in [7, 11) is 0. The molecule has 92 valence electrons. The molecule has 0 bridgehead atoms. The van der Waals surface area contributed by atoms with Crippen LogP contribution in [0.2, 0.25) is 0 Å². The van der Waals surface area contributed by atoms with Gasteiger partial charge in [-0.3, -0.25) is 0 Å². The molecule has 1 aliphatic rings. The third-order valence-electron chi connectivity index (χ3n) is 3.03. The van der Waals surface area contributed by atoms with E-state index in [-0.39, 0.29) is 5.56 Å². The van der Waals surface area contributed by atoms with Crippen molar-refractivity contribution in [2.24, 2.45) is 0 Å². The number of rotatable bonds is 2. The highest BCUT2D eigenvalue weighted by molar-refractivity contribution is 14.1. The molecule has 1 aliphatic carbocycles. The van der Waals surface area contributed by atoms with Crippen molar-refractivity contribution in [3.63, 3.8) is 0 Å². The quantitative estimate of drug-likeness (QED) is 0.838. The van der Waals surface area contributed by atoms with Gasteiger partial charge in [-0.15, -0.1) is 0 Å². The zero-order valence-electron chi connectivity index (χ0n) is 9.43. The zero-order chi connectivity index (χ0) is 12.7. The maximum atomic E-state index is 11.3. The van der Waals surface area contributed by atoms with Crippen LogP contribution in [0.3, 0.4) is 0 Å². The van der Waals surface area contributed by atoms with Crippen molar-refractivity contribution in [1.82, 2.24) is 14.8 Å². The fourth-order valence-electron chi connectivity index (χ4n) is 2.21. The predicted molar refractivity (Wildman–Crippen MR) is 73.1 cm³/mol. The van der Waals surface area contributed by atoms with Gasteiger partial charge in [0.1, 0.15) is 5.56 Å². The molecule has 0 atom stereocenters. The number of aromatic nitrogens is 3. The maximum Gasteiger partial charge on any atom is 0.339 e. The summed E-state index contributed by atoms with van der Waals surface area (Å²) in [6, 6.07) is 1.74. The first-order valence-electron chi connectivity index (χ1n) is 5.62. The third kappa shape index (κ3) is 1.90. The average Bonchev–Trinajstić information content (AvgIpc) is 2.94. The van der Waals surface area contributed by atoms with Crippen LogP contribution in [0.1, 0.15) is 28.0 Å². The Hall–Kier alpha value is -1.44. The van der Waals surface area contributed by atoms with Crippen LogP contribution in [0.5, 0.6) is 0 Å². The highest BCUT2D eigenvalue weighted by atomic mass is 127. The van der Waals surface area contributed by atoms with Crippen molar-refractivity contribution >= 4 is 28.6 Å². The molecule has 0 saturated carbocycles. The molecule has 2 heterocycles. The predicted octanol–water partition coefficient (Wildman–Crippen LogP) is 2.06. The Labute approximate surface area is 117 Å². The van der Waals surface area contributed by atoms with Crippen LogP contribution >= 0.6 is 22.6 Å². The first kappa shape index (κ1) is 11.6. The molecule has 0 saturated heterocycles. The molecule has 3 rings (SSSR count). The molecule has 0 unspecified atom stereocenters. The van der Waals surface area contributed by atoms with Gasteiger partial charge in [0.25, 0.3) is 0 Å². The Morgan fingerprint density at radius 3 is 2.94 bits per heavy atom. The molecule has 5 nitrogen and oxygen atoms in total. The number of carboxylic acids is 1. The fourth-order valence-corrected chi connectivity index (χ4v) is 2.60. The Morgan fingerprint density at radius 1 is 1.44 bits per heavy atom. The van der Waals surface area contributed by atoms with Gasteiger partial charge in [-0.1, -0.05) is 0 Å². The van der Waals surface area contributed by atoms with Gasteiger partial charge in [0.2, 0.25) is 0 Å². The van der Waals surface area contributed by atoms with Gasteiger partial charge in [-0.05, 0) is 53.5 Å². The first-order chi connectivity index (χ1) is 8.65. The number of hydrogen-bond donors (Lipinski definition) is 1. The molecule has 0 spiro atoms. The topological polar surface area (TPSA) is 68.0 Å². The Bertz CT molecular complexity index is 636. The summed E-state index contributed by atoms with van der Waals surface area (Å²) in [5.74, 6) is -0.552. The van der Waals surface area contributed by atoms with Gasteiger partial charge < -0.3 is 5.11 Å². The van der Waals surface area contributed by atoms with E-state index in [0.717, 1.165) is 34.1 Å². The van der Waals surface area contributed by atoms with Crippen LogP contribution in [0, 0.1) is 3.57 Å². The summed E-state index contributed by atoms with van der Waals surface area (Å²) >= 11 is 2.13. The second-order valence-corrected chi connectivity index (χ2v) is 5.47. The molecule has 6 heteroatoms. The molecular weight excluding hydrogens is 345 g/mol. The number of aromatic carboxylic acids is 1. The number of hydrogen-bond acceptors (Lipinski definition) is 3. The monoisotopic (exact) mass is 355 g/mol. The number of aryl methyl sites for hydroxylation is 2. The van der Waals surface area contributed by atoms with Crippen LogP contribution in [0.4, 0.5) is 0 Å². The molecule has 2 aromatic rings. The Kier molecular flexibility index (Phi) is 2.81. The summed E-state index contributed by atoms with van der Waals surface area (Å²) in [4.78, 5) is 15.8. The normalized spacial score (nSPS) is 13.6.